The standard InChI is InChI=1S/C27H32N6O2/c1-16(2)14-22-24(35-26(34)33(7)27(4,5)6)23(18-10-8-17(3)9-11-18)20-15-19(12-13-21(20)28-22)25-29-31-32-30-25/h8-13,15-16H,14H2,1-7H3,(H,29,30,31,32). The van der Waals surface area contributed by atoms with E-state index in [1.807, 2.05) is 45.9 Å². The molecule has 0 aliphatic rings. The molecule has 2 heterocycles. The van der Waals surface area contributed by atoms with Gasteiger partial charge in [-0.25, -0.2) is 9.78 Å². The molecule has 0 aliphatic heterocycles. The van der Waals surface area contributed by atoms with Crippen LogP contribution in [0.5, 0.6) is 5.75 Å². The van der Waals surface area contributed by atoms with Crippen molar-refractivity contribution in [3.63, 3.8) is 0 Å². The van der Waals surface area contributed by atoms with Crippen molar-refractivity contribution in [2.75, 3.05) is 7.05 Å². The van der Waals surface area contributed by atoms with Crippen LogP contribution < -0.4 is 4.74 Å². The van der Waals surface area contributed by atoms with Crippen LogP contribution in [-0.2, 0) is 6.42 Å². The molecule has 0 saturated heterocycles. The van der Waals surface area contributed by atoms with Crippen LogP contribution in [0.4, 0.5) is 4.79 Å². The minimum absolute atomic E-state index is 0.321. The summed E-state index contributed by atoms with van der Waals surface area (Å²) in [6.45, 7) is 12.2. The number of benzene rings is 2. The van der Waals surface area contributed by atoms with Crippen LogP contribution in [0.3, 0.4) is 0 Å². The SMILES string of the molecule is Cc1ccc(-c2c(OC(=O)N(C)C(C)(C)C)c(CC(C)C)nc3ccc(-c4nn[nH]n4)cc23)cc1. The second-order valence-electron chi connectivity index (χ2n) is 10.3. The highest BCUT2D eigenvalue weighted by Gasteiger charge is 2.28. The lowest BCUT2D eigenvalue weighted by atomic mass is 9.94. The first-order valence-electron chi connectivity index (χ1n) is 11.8. The first-order valence-corrected chi connectivity index (χ1v) is 11.8. The zero-order valence-corrected chi connectivity index (χ0v) is 21.4. The Morgan fingerprint density at radius 2 is 1.77 bits per heavy atom. The highest BCUT2D eigenvalue weighted by atomic mass is 16.6. The van der Waals surface area contributed by atoms with E-state index in [4.69, 9.17) is 9.72 Å². The average Bonchev–Trinajstić information content (AvgIpc) is 3.33. The molecule has 2 aromatic carbocycles. The number of ether oxygens (including phenoxy) is 1. The summed E-state index contributed by atoms with van der Waals surface area (Å²) in [6.07, 6.45) is 0.245. The molecule has 0 spiro atoms. The van der Waals surface area contributed by atoms with Gasteiger partial charge in [-0.05, 0) is 69.0 Å². The Hall–Kier alpha value is -3.81. The largest absolute Gasteiger partial charge is 0.415 e. The van der Waals surface area contributed by atoms with Crippen LogP contribution in [-0.4, -0.2) is 49.2 Å². The Bertz CT molecular complexity index is 1340. The molecule has 4 aromatic rings. The maximum Gasteiger partial charge on any atom is 0.415 e. The van der Waals surface area contributed by atoms with Crippen molar-refractivity contribution in [2.24, 2.45) is 5.92 Å². The maximum atomic E-state index is 13.3. The van der Waals surface area contributed by atoms with Crippen LogP contribution in [0.1, 0.15) is 45.9 Å². The number of nitrogens with one attached hydrogen (secondary N) is 1. The molecule has 35 heavy (non-hydrogen) atoms. The molecule has 0 bridgehead atoms. The summed E-state index contributed by atoms with van der Waals surface area (Å²) >= 11 is 0. The van der Waals surface area contributed by atoms with Crippen LogP contribution in [0.15, 0.2) is 42.5 Å². The molecule has 0 unspecified atom stereocenters. The molecular weight excluding hydrogens is 440 g/mol. The normalized spacial score (nSPS) is 11.8. The number of hydrogen-bond donors (Lipinski definition) is 1. The van der Waals surface area contributed by atoms with Crippen LogP contribution in [0.2, 0.25) is 0 Å². The van der Waals surface area contributed by atoms with Gasteiger partial charge < -0.3 is 9.64 Å². The van der Waals surface area contributed by atoms with Gasteiger partial charge in [-0.15, -0.1) is 10.2 Å². The van der Waals surface area contributed by atoms with Crippen molar-refractivity contribution in [2.45, 2.75) is 53.5 Å². The quantitative estimate of drug-likeness (QED) is 0.393. The smallest absolute Gasteiger partial charge is 0.408 e. The van der Waals surface area contributed by atoms with Crippen molar-refractivity contribution in [1.82, 2.24) is 30.5 Å². The van der Waals surface area contributed by atoms with E-state index in [0.717, 1.165) is 38.9 Å². The minimum Gasteiger partial charge on any atom is -0.408 e. The summed E-state index contributed by atoms with van der Waals surface area (Å²) in [5, 5.41) is 15.3. The second-order valence-corrected chi connectivity index (χ2v) is 10.3. The van der Waals surface area contributed by atoms with E-state index in [0.29, 0.717) is 23.9 Å². The molecule has 4 rings (SSSR count). The number of H-pyrrole nitrogens is 1. The lowest BCUT2D eigenvalue weighted by Crippen LogP contribution is -2.44. The number of aryl methyl sites for hydroxylation is 1. The zero-order valence-electron chi connectivity index (χ0n) is 21.4. The predicted molar refractivity (Wildman–Crippen MR) is 137 cm³/mol. The van der Waals surface area contributed by atoms with E-state index < -0.39 is 11.6 Å². The minimum atomic E-state index is -0.425. The van der Waals surface area contributed by atoms with Crippen LogP contribution in [0, 0.1) is 12.8 Å². The van der Waals surface area contributed by atoms with Gasteiger partial charge in [0.1, 0.15) is 0 Å². The summed E-state index contributed by atoms with van der Waals surface area (Å²) in [5.41, 5.74) is 4.88. The topological polar surface area (TPSA) is 96.9 Å². The highest BCUT2D eigenvalue weighted by Crippen LogP contribution is 2.41. The molecule has 8 heteroatoms. The number of carbonyl (C=O) groups excluding carboxylic acids is 1. The number of hydrogen-bond acceptors (Lipinski definition) is 6. The Morgan fingerprint density at radius 3 is 2.37 bits per heavy atom. The van der Waals surface area contributed by atoms with E-state index in [1.54, 1.807) is 11.9 Å². The Morgan fingerprint density at radius 1 is 1.09 bits per heavy atom. The monoisotopic (exact) mass is 472 g/mol. The summed E-state index contributed by atoms with van der Waals surface area (Å²) in [5.74, 6) is 1.29. The fourth-order valence-electron chi connectivity index (χ4n) is 3.79. The zero-order chi connectivity index (χ0) is 25.3. The van der Waals surface area contributed by atoms with Gasteiger partial charge in [-0.1, -0.05) is 43.7 Å². The maximum absolute atomic E-state index is 13.3. The third-order valence-corrected chi connectivity index (χ3v) is 6.03. The third kappa shape index (κ3) is 5.16. The van der Waals surface area contributed by atoms with Crippen molar-refractivity contribution in [3.8, 4) is 28.3 Å². The predicted octanol–water partition coefficient (Wildman–Crippen LogP) is 5.82. The van der Waals surface area contributed by atoms with Gasteiger partial charge in [-0.2, -0.15) is 5.21 Å². The molecule has 1 amide bonds. The number of rotatable bonds is 5. The Labute approximate surface area is 205 Å². The van der Waals surface area contributed by atoms with Crippen molar-refractivity contribution < 1.29 is 9.53 Å². The van der Waals surface area contributed by atoms with Crippen molar-refractivity contribution in [3.05, 3.63) is 53.7 Å². The first-order chi connectivity index (χ1) is 16.5. The van der Waals surface area contributed by atoms with E-state index in [-0.39, 0.29) is 0 Å². The second kappa shape index (κ2) is 9.44. The summed E-state index contributed by atoms with van der Waals surface area (Å²) < 4.78 is 6.16. The van der Waals surface area contributed by atoms with Gasteiger partial charge in [0, 0.05) is 29.1 Å². The summed E-state index contributed by atoms with van der Waals surface area (Å²) in [4.78, 5) is 19.8. The molecule has 0 atom stereocenters. The van der Waals surface area contributed by atoms with Gasteiger partial charge in [0.05, 0.1) is 11.2 Å². The third-order valence-electron chi connectivity index (χ3n) is 6.03. The summed E-state index contributed by atoms with van der Waals surface area (Å²) in [7, 11) is 1.75. The number of aromatic nitrogens is 5. The molecule has 1 N–H and O–H groups in total. The molecule has 0 fully saturated rings. The van der Waals surface area contributed by atoms with Crippen LogP contribution >= 0.6 is 0 Å². The molecule has 0 saturated carbocycles. The number of fused-ring (bicyclic) bond motifs is 1. The van der Waals surface area contributed by atoms with E-state index in [2.05, 4.69) is 58.7 Å². The van der Waals surface area contributed by atoms with Gasteiger partial charge >= 0.3 is 6.09 Å². The molecule has 8 nitrogen and oxygen atoms in total. The van der Waals surface area contributed by atoms with Gasteiger partial charge in [0.15, 0.2) is 5.75 Å². The average molecular weight is 473 g/mol. The Kier molecular flexibility index (Phi) is 6.56. The van der Waals surface area contributed by atoms with Crippen molar-refractivity contribution >= 4 is 17.0 Å². The molecule has 0 radical (unpaired) electrons. The molecule has 2 aromatic heterocycles. The number of aromatic amines is 1. The van der Waals surface area contributed by atoms with Gasteiger partial charge in [0.2, 0.25) is 5.82 Å². The van der Waals surface area contributed by atoms with Crippen molar-refractivity contribution in [1.29, 1.82) is 0 Å². The lowest BCUT2D eigenvalue weighted by Gasteiger charge is -2.31. The van der Waals surface area contributed by atoms with E-state index in [1.165, 1.54) is 0 Å². The molecule has 0 aliphatic carbocycles. The summed E-state index contributed by atoms with van der Waals surface area (Å²) in [6, 6.07) is 14.1. The number of tetrazole rings is 1. The lowest BCUT2D eigenvalue weighted by molar-refractivity contribution is 0.124. The van der Waals surface area contributed by atoms with E-state index >= 15 is 0 Å². The highest BCUT2D eigenvalue weighted by molar-refractivity contribution is 6.00. The number of pyridine rings is 1. The number of amides is 1. The fraction of sp³-hybridized carbons (Fsp3) is 0.370. The van der Waals surface area contributed by atoms with Gasteiger partial charge in [-0.3, -0.25) is 0 Å². The van der Waals surface area contributed by atoms with Crippen LogP contribution in [0.25, 0.3) is 33.4 Å². The Balaban J connectivity index is 2.01. The molecule has 182 valence electrons. The van der Waals surface area contributed by atoms with Gasteiger partial charge in [0.25, 0.3) is 0 Å². The molecular formula is C27H32N6O2. The van der Waals surface area contributed by atoms with E-state index in [9.17, 15) is 4.79 Å². The number of nitrogens with zero attached hydrogens (tertiary/aromatic N) is 5. The number of carbonyl (C=O) groups is 1. The first kappa shape index (κ1) is 24.3. The fourth-order valence-corrected chi connectivity index (χ4v) is 3.79.